The molecule has 80 valence electrons. The molecule has 0 saturated heterocycles. The number of aryl methyl sites for hydroxylation is 1. The first-order valence-corrected chi connectivity index (χ1v) is 5.78. The van der Waals surface area contributed by atoms with Crippen LogP contribution in [0.5, 0.6) is 0 Å². The topological polar surface area (TPSA) is 33.6 Å². The SMILES string of the molecule is CCCCCCCn1c(C)n[nH]c1=S. The molecule has 4 heteroatoms. The zero-order valence-electron chi connectivity index (χ0n) is 9.05. The molecule has 0 unspecified atom stereocenters. The molecule has 0 fully saturated rings. The Kier molecular flexibility index (Phi) is 4.87. The van der Waals surface area contributed by atoms with Crippen LogP contribution >= 0.6 is 12.2 Å². The van der Waals surface area contributed by atoms with Gasteiger partial charge in [-0.2, -0.15) is 5.10 Å². The molecule has 0 saturated carbocycles. The van der Waals surface area contributed by atoms with E-state index in [9.17, 15) is 0 Å². The maximum atomic E-state index is 5.12. The molecule has 0 atom stereocenters. The molecule has 0 aliphatic heterocycles. The second-order valence-electron chi connectivity index (χ2n) is 3.64. The summed E-state index contributed by atoms with van der Waals surface area (Å²) < 4.78 is 2.82. The lowest BCUT2D eigenvalue weighted by molar-refractivity contribution is 0.557. The van der Waals surface area contributed by atoms with E-state index in [1.54, 1.807) is 0 Å². The van der Waals surface area contributed by atoms with E-state index in [1.165, 1.54) is 32.1 Å². The molecular weight excluding hydrogens is 194 g/mol. The first-order valence-electron chi connectivity index (χ1n) is 5.37. The molecular formula is C10H19N3S. The van der Waals surface area contributed by atoms with Crippen molar-refractivity contribution in [2.45, 2.75) is 52.5 Å². The molecule has 1 heterocycles. The molecule has 1 aromatic heterocycles. The average molecular weight is 213 g/mol. The molecule has 3 nitrogen and oxygen atoms in total. The van der Waals surface area contributed by atoms with Gasteiger partial charge in [0.25, 0.3) is 0 Å². The maximum Gasteiger partial charge on any atom is 0.195 e. The summed E-state index contributed by atoms with van der Waals surface area (Å²) in [5, 5.41) is 6.88. The van der Waals surface area contributed by atoms with Crippen molar-refractivity contribution in [1.29, 1.82) is 0 Å². The Hall–Kier alpha value is -0.640. The third-order valence-electron chi connectivity index (χ3n) is 2.43. The largest absolute Gasteiger partial charge is 0.304 e. The molecule has 0 bridgehead atoms. The Morgan fingerprint density at radius 1 is 1.29 bits per heavy atom. The van der Waals surface area contributed by atoms with Gasteiger partial charge in [-0.1, -0.05) is 32.6 Å². The number of aromatic nitrogens is 3. The predicted molar refractivity (Wildman–Crippen MR) is 60.9 cm³/mol. The molecule has 1 aromatic rings. The van der Waals surface area contributed by atoms with Crippen LogP contribution in [0.4, 0.5) is 0 Å². The van der Waals surface area contributed by atoms with Crippen molar-refractivity contribution in [1.82, 2.24) is 14.8 Å². The van der Waals surface area contributed by atoms with Crippen molar-refractivity contribution < 1.29 is 0 Å². The fourth-order valence-corrected chi connectivity index (χ4v) is 1.80. The van der Waals surface area contributed by atoms with E-state index in [4.69, 9.17) is 12.2 Å². The smallest absolute Gasteiger partial charge is 0.195 e. The minimum Gasteiger partial charge on any atom is -0.304 e. The fraction of sp³-hybridized carbons (Fsp3) is 0.800. The molecule has 0 aliphatic rings. The predicted octanol–water partition coefficient (Wildman–Crippen LogP) is 3.22. The van der Waals surface area contributed by atoms with Crippen molar-refractivity contribution in [2.24, 2.45) is 0 Å². The lowest BCUT2D eigenvalue weighted by Crippen LogP contribution is -2.00. The molecule has 0 radical (unpaired) electrons. The van der Waals surface area contributed by atoms with Crippen LogP contribution in [0.2, 0.25) is 0 Å². The summed E-state index contributed by atoms with van der Waals surface area (Å²) in [4.78, 5) is 0. The van der Waals surface area contributed by atoms with E-state index in [2.05, 4.69) is 21.7 Å². The lowest BCUT2D eigenvalue weighted by Gasteiger charge is -2.03. The highest BCUT2D eigenvalue weighted by Gasteiger charge is 1.99. The molecule has 1 rings (SSSR count). The van der Waals surface area contributed by atoms with Crippen LogP contribution in [-0.4, -0.2) is 14.8 Å². The van der Waals surface area contributed by atoms with Gasteiger partial charge in [0.2, 0.25) is 0 Å². The van der Waals surface area contributed by atoms with E-state index in [-0.39, 0.29) is 0 Å². The van der Waals surface area contributed by atoms with Crippen LogP contribution in [0.25, 0.3) is 0 Å². The van der Waals surface area contributed by atoms with Crippen molar-refractivity contribution in [3.05, 3.63) is 10.6 Å². The van der Waals surface area contributed by atoms with E-state index in [0.717, 1.165) is 17.1 Å². The Morgan fingerprint density at radius 2 is 2.00 bits per heavy atom. The summed E-state index contributed by atoms with van der Waals surface area (Å²) in [7, 11) is 0. The van der Waals surface area contributed by atoms with Gasteiger partial charge in [0.1, 0.15) is 5.82 Å². The van der Waals surface area contributed by atoms with Gasteiger partial charge in [-0.15, -0.1) is 0 Å². The molecule has 1 N–H and O–H groups in total. The molecule has 0 spiro atoms. The van der Waals surface area contributed by atoms with Gasteiger partial charge in [-0.05, 0) is 25.6 Å². The number of H-pyrrole nitrogens is 1. The van der Waals surface area contributed by atoms with E-state index < -0.39 is 0 Å². The summed E-state index contributed by atoms with van der Waals surface area (Å²) >= 11 is 5.12. The Balaban J connectivity index is 2.28. The van der Waals surface area contributed by atoms with Crippen molar-refractivity contribution in [2.75, 3.05) is 0 Å². The standard InChI is InChI=1S/C10H19N3S/c1-3-4-5-6-7-8-13-9(2)11-12-10(13)14/h3-8H2,1-2H3,(H,12,14). The van der Waals surface area contributed by atoms with Crippen molar-refractivity contribution in [3.8, 4) is 0 Å². The van der Waals surface area contributed by atoms with Crippen LogP contribution in [-0.2, 0) is 6.54 Å². The van der Waals surface area contributed by atoms with Crippen LogP contribution in [0.3, 0.4) is 0 Å². The normalized spacial score (nSPS) is 10.7. The number of rotatable bonds is 6. The van der Waals surface area contributed by atoms with Gasteiger partial charge in [0.05, 0.1) is 0 Å². The number of hydrogen-bond donors (Lipinski definition) is 1. The quantitative estimate of drug-likeness (QED) is 0.581. The zero-order chi connectivity index (χ0) is 10.4. The van der Waals surface area contributed by atoms with Gasteiger partial charge in [0.15, 0.2) is 4.77 Å². The minimum atomic E-state index is 0.748. The van der Waals surface area contributed by atoms with Crippen molar-refractivity contribution in [3.63, 3.8) is 0 Å². The number of aromatic amines is 1. The monoisotopic (exact) mass is 213 g/mol. The Morgan fingerprint density at radius 3 is 2.57 bits per heavy atom. The molecule has 0 aromatic carbocycles. The lowest BCUT2D eigenvalue weighted by atomic mass is 10.1. The molecule has 14 heavy (non-hydrogen) atoms. The summed E-state index contributed by atoms with van der Waals surface area (Å²) in [6.07, 6.45) is 6.47. The third kappa shape index (κ3) is 3.25. The van der Waals surface area contributed by atoms with Gasteiger partial charge < -0.3 is 4.57 Å². The summed E-state index contributed by atoms with van der Waals surface area (Å²) in [6.45, 7) is 5.22. The number of unbranched alkanes of at least 4 members (excludes halogenated alkanes) is 4. The van der Waals surface area contributed by atoms with Gasteiger partial charge in [-0.25, -0.2) is 0 Å². The zero-order valence-corrected chi connectivity index (χ0v) is 9.86. The second-order valence-corrected chi connectivity index (χ2v) is 4.03. The number of nitrogens with one attached hydrogen (secondary N) is 1. The second kappa shape index (κ2) is 5.96. The van der Waals surface area contributed by atoms with E-state index >= 15 is 0 Å². The minimum absolute atomic E-state index is 0.748. The van der Waals surface area contributed by atoms with Gasteiger partial charge >= 0.3 is 0 Å². The van der Waals surface area contributed by atoms with Crippen molar-refractivity contribution >= 4 is 12.2 Å². The third-order valence-corrected chi connectivity index (χ3v) is 2.75. The highest BCUT2D eigenvalue weighted by atomic mass is 32.1. The highest BCUT2D eigenvalue weighted by molar-refractivity contribution is 7.71. The number of hydrogen-bond acceptors (Lipinski definition) is 2. The molecule has 0 aliphatic carbocycles. The highest BCUT2D eigenvalue weighted by Crippen LogP contribution is 2.05. The van der Waals surface area contributed by atoms with Gasteiger partial charge in [0, 0.05) is 6.54 Å². The average Bonchev–Trinajstić information content (AvgIpc) is 2.48. The van der Waals surface area contributed by atoms with Gasteiger partial charge in [-0.3, -0.25) is 5.10 Å². The maximum absolute atomic E-state index is 5.12. The first-order chi connectivity index (χ1) is 6.75. The van der Waals surface area contributed by atoms with Crippen LogP contribution < -0.4 is 0 Å². The fourth-order valence-electron chi connectivity index (χ4n) is 1.53. The van der Waals surface area contributed by atoms with Crippen LogP contribution in [0.1, 0.15) is 44.9 Å². The van der Waals surface area contributed by atoms with E-state index in [0.29, 0.717) is 0 Å². The van der Waals surface area contributed by atoms with Crippen LogP contribution in [0, 0.1) is 11.7 Å². The summed E-state index contributed by atoms with van der Waals surface area (Å²) in [5.74, 6) is 0.991. The Bertz CT molecular complexity index is 313. The Labute approximate surface area is 90.5 Å². The first kappa shape index (κ1) is 11.4. The van der Waals surface area contributed by atoms with E-state index in [1.807, 2.05) is 6.92 Å². The summed E-state index contributed by atoms with van der Waals surface area (Å²) in [5.41, 5.74) is 0. The van der Waals surface area contributed by atoms with Crippen LogP contribution in [0.15, 0.2) is 0 Å². The summed E-state index contributed by atoms with van der Waals surface area (Å²) in [6, 6.07) is 0. The molecule has 0 amide bonds. The number of nitrogens with zero attached hydrogens (tertiary/aromatic N) is 2.